The first-order valence-electron chi connectivity index (χ1n) is 8.65. The molecule has 2 rings (SSSR count). The molecule has 0 atom stereocenters. The Kier molecular flexibility index (Phi) is 6.34. The molecule has 0 radical (unpaired) electrons. The van der Waals surface area contributed by atoms with Gasteiger partial charge >= 0.3 is 5.97 Å². The number of carbonyl (C=O) groups is 3. The van der Waals surface area contributed by atoms with E-state index in [2.05, 4.69) is 10.6 Å². The Morgan fingerprint density at radius 2 is 1.59 bits per heavy atom. The lowest BCUT2D eigenvalue weighted by molar-refractivity contribution is -0.136. The van der Waals surface area contributed by atoms with Crippen molar-refractivity contribution in [1.82, 2.24) is 5.32 Å². The maximum atomic E-state index is 12.4. The second-order valence-corrected chi connectivity index (χ2v) is 7.31. The van der Waals surface area contributed by atoms with Crippen LogP contribution in [0.15, 0.2) is 48.5 Å². The molecule has 0 bridgehead atoms. The summed E-state index contributed by atoms with van der Waals surface area (Å²) in [6.45, 7) is 5.92. The molecule has 0 unspecified atom stereocenters. The highest BCUT2D eigenvalue weighted by atomic mass is 16.4. The Bertz CT molecular complexity index is 836. The van der Waals surface area contributed by atoms with Gasteiger partial charge in [-0.2, -0.15) is 0 Å². The Balaban J connectivity index is 2.02. The lowest BCUT2D eigenvalue weighted by Crippen LogP contribution is -2.34. The van der Waals surface area contributed by atoms with Crippen molar-refractivity contribution in [2.45, 2.75) is 33.7 Å². The molecule has 0 aliphatic carbocycles. The van der Waals surface area contributed by atoms with E-state index < -0.39 is 11.4 Å². The Labute approximate surface area is 158 Å². The predicted octanol–water partition coefficient (Wildman–Crippen LogP) is 3.23. The van der Waals surface area contributed by atoms with Gasteiger partial charge in [-0.25, -0.2) is 0 Å². The minimum atomic E-state index is -0.960. The van der Waals surface area contributed by atoms with Crippen molar-refractivity contribution >= 4 is 23.5 Å². The maximum absolute atomic E-state index is 12.4. The third-order valence-electron chi connectivity index (χ3n) is 3.96. The van der Waals surface area contributed by atoms with Crippen molar-refractivity contribution in [3.8, 4) is 0 Å². The van der Waals surface area contributed by atoms with Crippen molar-refractivity contribution in [2.24, 2.45) is 5.41 Å². The average molecular weight is 368 g/mol. The second-order valence-electron chi connectivity index (χ2n) is 7.31. The molecule has 2 amide bonds. The van der Waals surface area contributed by atoms with Gasteiger partial charge in [-0.1, -0.05) is 51.1 Å². The zero-order valence-electron chi connectivity index (χ0n) is 15.7. The summed E-state index contributed by atoms with van der Waals surface area (Å²) < 4.78 is 0. The number of amides is 2. The second kappa shape index (κ2) is 8.49. The fraction of sp³-hybridized carbons (Fsp3) is 0.286. The molecule has 6 heteroatoms. The molecule has 142 valence electrons. The Morgan fingerprint density at radius 1 is 0.963 bits per heavy atom. The van der Waals surface area contributed by atoms with Crippen molar-refractivity contribution in [3.63, 3.8) is 0 Å². The lowest BCUT2D eigenvalue weighted by Gasteiger charge is -2.17. The van der Waals surface area contributed by atoms with E-state index >= 15 is 0 Å². The van der Waals surface area contributed by atoms with Gasteiger partial charge in [-0.3, -0.25) is 14.4 Å². The number of carbonyl (C=O) groups excluding carboxylic acids is 2. The monoisotopic (exact) mass is 368 g/mol. The zero-order valence-corrected chi connectivity index (χ0v) is 15.7. The van der Waals surface area contributed by atoms with E-state index in [-0.39, 0.29) is 18.2 Å². The molecule has 0 aromatic heterocycles. The Hall–Kier alpha value is -3.15. The van der Waals surface area contributed by atoms with Gasteiger partial charge in [0, 0.05) is 23.2 Å². The quantitative estimate of drug-likeness (QED) is 0.729. The van der Waals surface area contributed by atoms with Crippen LogP contribution in [0.5, 0.6) is 0 Å². The number of hydrogen-bond acceptors (Lipinski definition) is 3. The fourth-order valence-electron chi connectivity index (χ4n) is 2.38. The van der Waals surface area contributed by atoms with Gasteiger partial charge in [-0.05, 0) is 29.3 Å². The van der Waals surface area contributed by atoms with Crippen molar-refractivity contribution in [1.29, 1.82) is 0 Å². The van der Waals surface area contributed by atoms with Crippen LogP contribution < -0.4 is 10.6 Å². The van der Waals surface area contributed by atoms with E-state index in [0.29, 0.717) is 23.4 Å². The normalized spacial score (nSPS) is 10.9. The number of carboxylic acids is 1. The van der Waals surface area contributed by atoms with Crippen LogP contribution in [0.3, 0.4) is 0 Å². The first kappa shape index (κ1) is 20.2. The average Bonchev–Trinajstić information content (AvgIpc) is 2.60. The van der Waals surface area contributed by atoms with Gasteiger partial charge in [0.1, 0.15) is 0 Å². The van der Waals surface area contributed by atoms with E-state index in [0.717, 1.165) is 5.56 Å². The maximum Gasteiger partial charge on any atom is 0.307 e. The topological polar surface area (TPSA) is 95.5 Å². The van der Waals surface area contributed by atoms with Crippen LogP contribution in [-0.4, -0.2) is 22.9 Å². The number of benzene rings is 2. The number of hydrogen-bond donors (Lipinski definition) is 3. The van der Waals surface area contributed by atoms with Crippen molar-refractivity contribution in [3.05, 3.63) is 65.2 Å². The summed E-state index contributed by atoms with van der Waals surface area (Å²) in [4.78, 5) is 35.3. The molecule has 2 aromatic rings. The zero-order chi connectivity index (χ0) is 20.0. The number of carboxylic acid groups (broad SMARTS) is 1. The van der Waals surface area contributed by atoms with Crippen LogP contribution in [0.4, 0.5) is 5.69 Å². The highest BCUT2D eigenvalue weighted by Gasteiger charge is 2.20. The summed E-state index contributed by atoms with van der Waals surface area (Å²) in [5, 5.41) is 14.6. The van der Waals surface area contributed by atoms with Gasteiger partial charge < -0.3 is 15.7 Å². The van der Waals surface area contributed by atoms with Crippen LogP contribution in [0.25, 0.3) is 0 Å². The molecule has 2 aromatic carbocycles. The summed E-state index contributed by atoms with van der Waals surface area (Å²) in [6, 6.07) is 13.7. The molecule has 0 fully saturated rings. The summed E-state index contributed by atoms with van der Waals surface area (Å²) in [5.41, 5.74) is 1.90. The van der Waals surface area contributed by atoms with Crippen molar-refractivity contribution < 1.29 is 19.5 Å². The summed E-state index contributed by atoms with van der Waals surface area (Å²) >= 11 is 0. The van der Waals surface area contributed by atoms with Crippen LogP contribution in [0.2, 0.25) is 0 Å². The van der Waals surface area contributed by atoms with Crippen LogP contribution in [0.1, 0.15) is 42.3 Å². The molecule has 0 aliphatic heterocycles. The van der Waals surface area contributed by atoms with Gasteiger partial charge in [-0.15, -0.1) is 0 Å². The minimum Gasteiger partial charge on any atom is -0.481 e. The molecule has 3 N–H and O–H groups in total. The van der Waals surface area contributed by atoms with Crippen LogP contribution in [0, 0.1) is 5.41 Å². The number of para-hydroxylation sites is 1. The molecule has 0 spiro atoms. The molecular formula is C21H24N2O4. The van der Waals surface area contributed by atoms with Gasteiger partial charge in [0.2, 0.25) is 5.91 Å². The van der Waals surface area contributed by atoms with Crippen LogP contribution in [-0.2, 0) is 22.6 Å². The molecule has 6 nitrogen and oxygen atoms in total. The highest BCUT2D eigenvalue weighted by molar-refractivity contribution is 6.04. The lowest BCUT2D eigenvalue weighted by atomic mass is 9.95. The third-order valence-corrected chi connectivity index (χ3v) is 3.96. The number of aliphatic carboxylic acids is 1. The van der Waals surface area contributed by atoms with Gasteiger partial charge in [0.15, 0.2) is 0 Å². The van der Waals surface area contributed by atoms with Gasteiger partial charge in [0.05, 0.1) is 6.42 Å². The standard InChI is InChI=1S/C21H24N2O4/c1-21(2,3)20(27)22-13-14-8-10-15(11-9-14)19(26)23-17-7-5-4-6-16(17)12-18(24)25/h4-11H,12-13H2,1-3H3,(H,22,27)(H,23,26)(H,24,25). The van der Waals surface area contributed by atoms with E-state index in [4.69, 9.17) is 5.11 Å². The largest absolute Gasteiger partial charge is 0.481 e. The summed E-state index contributed by atoms with van der Waals surface area (Å²) in [6.07, 6.45) is -0.164. The van der Waals surface area contributed by atoms with Crippen molar-refractivity contribution in [2.75, 3.05) is 5.32 Å². The summed E-state index contributed by atoms with van der Waals surface area (Å²) in [5.74, 6) is -1.32. The van der Waals surface area contributed by atoms with E-state index in [1.807, 2.05) is 20.8 Å². The molecule has 0 heterocycles. The fourth-order valence-corrected chi connectivity index (χ4v) is 2.38. The van der Waals surface area contributed by atoms with E-state index in [9.17, 15) is 14.4 Å². The minimum absolute atomic E-state index is 0.0423. The molecule has 0 saturated heterocycles. The molecule has 0 aliphatic rings. The Morgan fingerprint density at radius 3 is 2.19 bits per heavy atom. The van der Waals surface area contributed by atoms with E-state index in [1.165, 1.54) is 0 Å². The third kappa shape index (κ3) is 5.95. The molecule has 0 saturated carbocycles. The SMILES string of the molecule is CC(C)(C)C(=O)NCc1ccc(C(=O)Nc2ccccc2CC(=O)O)cc1. The number of rotatable bonds is 6. The van der Waals surface area contributed by atoms with Gasteiger partial charge in [0.25, 0.3) is 5.91 Å². The van der Waals surface area contributed by atoms with Crippen LogP contribution >= 0.6 is 0 Å². The first-order valence-corrected chi connectivity index (χ1v) is 8.65. The van der Waals surface area contributed by atoms with E-state index in [1.54, 1.807) is 48.5 Å². The molecular weight excluding hydrogens is 344 g/mol. The highest BCUT2D eigenvalue weighted by Crippen LogP contribution is 2.17. The smallest absolute Gasteiger partial charge is 0.307 e. The molecule has 27 heavy (non-hydrogen) atoms. The first-order chi connectivity index (χ1) is 12.7. The number of anilines is 1. The summed E-state index contributed by atoms with van der Waals surface area (Å²) in [7, 11) is 0. The number of nitrogens with one attached hydrogen (secondary N) is 2. The predicted molar refractivity (Wildman–Crippen MR) is 103 cm³/mol.